The second-order valence-corrected chi connectivity index (χ2v) is 2.57. The Kier molecular flexibility index (Phi) is 1.84. The van der Waals surface area contributed by atoms with Crippen molar-refractivity contribution in [3.05, 3.63) is 36.4 Å². The number of rotatable bonds is 1. The molecule has 3 heteroatoms. The van der Waals surface area contributed by atoms with Crippen molar-refractivity contribution in [2.45, 2.75) is 0 Å². The minimum atomic E-state index is 0.426. The predicted octanol–water partition coefficient (Wildman–Crippen LogP) is 2.77. The molecule has 2 rings (SSSR count). The van der Waals surface area contributed by atoms with E-state index in [-0.39, 0.29) is 0 Å². The highest BCUT2D eigenvalue weighted by atomic mass is 35.5. The lowest BCUT2D eigenvalue weighted by Crippen LogP contribution is -1.82. The third kappa shape index (κ3) is 1.21. The van der Waals surface area contributed by atoms with Crippen molar-refractivity contribution in [2.24, 2.45) is 0 Å². The van der Waals surface area contributed by atoms with E-state index in [9.17, 15) is 0 Å². The van der Waals surface area contributed by atoms with Crippen LogP contribution in [0.4, 0.5) is 0 Å². The zero-order chi connectivity index (χ0) is 8.39. The molecule has 1 aromatic carbocycles. The largest absolute Gasteiger partial charge is 0.365 e. The monoisotopic (exact) mass is 179 g/mol. The Labute approximate surface area is 74.9 Å². The molecule has 12 heavy (non-hydrogen) atoms. The first-order valence-corrected chi connectivity index (χ1v) is 3.85. The van der Waals surface area contributed by atoms with E-state index < -0.39 is 0 Å². The molecule has 0 radical (unpaired) electrons. The van der Waals surface area contributed by atoms with Crippen LogP contribution in [-0.4, -0.2) is 4.98 Å². The summed E-state index contributed by atoms with van der Waals surface area (Å²) in [5.41, 5.74) is 0.885. The highest BCUT2D eigenvalue weighted by molar-refractivity contribution is 6.09. The molecule has 0 aliphatic rings. The van der Waals surface area contributed by atoms with E-state index in [1.54, 1.807) is 6.07 Å². The fourth-order valence-corrected chi connectivity index (χ4v) is 1.18. The summed E-state index contributed by atoms with van der Waals surface area (Å²) in [6.07, 6.45) is 0. The Morgan fingerprint density at radius 3 is 2.75 bits per heavy atom. The van der Waals surface area contributed by atoms with Crippen molar-refractivity contribution in [2.75, 3.05) is 0 Å². The molecular formula is C9H6ClNO. The molecule has 0 aliphatic carbocycles. The first-order valence-electron chi connectivity index (χ1n) is 3.54. The summed E-state index contributed by atoms with van der Waals surface area (Å²) in [5, 5.41) is 1.08. The highest BCUT2D eigenvalue weighted by Gasteiger charge is 1.96. The summed E-state index contributed by atoms with van der Waals surface area (Å²) < 4.78 is 4.48. The molecule has 0 spiro atoms. The van der Waals surface area contributed by atoms with E-state index in [1.165, 1.54) is 0 Å². The van der Waals surface area contributed by atoms with Crippen LogP contribution in [0.15, 0.2) is 36.4 Å². The van der Waals surface area contributed by atoms with Gasteiger partial charge in [-0.05, 0) is 12.1 Å². The van der Waals surface area contributed by atoms with E-state index >= 15 is 0 Å². The molecule has 1 heterocycles. The van der Waals surface area contributed by atoms with Gasteiger partial charge in [-0.3, -0.25) is 0 Å². The molecule has 0 saturated carbocycles. The van der Waals surface area contributed by atoms with Crippen molar-refractivity contribution in [3.63, 3.8) is 0 Å². The first kappa shape index (κ1) is 7.37. The lowest BCUT2D eigenvalue weighted by molar-refractivity contribution is 0.594. The lowest BCUT2D eigenvalue weighted by atomic mass is 10.2. The average Bonchev–Trinajstić information content (AvgIpc) is 2.17. The number of benzene rings is 1. The number of para-hydroxylation sites is 1. The second-order valence-electron chi connectivity index (χ2n) is 2.42. The fourth-order valence-electron chi connectivity index (χ4n) is 1.09. The number of pyridine rings is 1. The van der Waals surface area contributed by atoms with Gasteiger partial charge in [-0.25, -0.2) is 4.98 Å². The molecule has 1 aromatic heterocycles. The zero-order valence-corrected chi connectivity index (χ0v) is 6.95. The molecular weight excluding hydrogens is 174 g/mol. The van der Waals surface area contributed by atoms with Crippen molar-refractivity contribution in [1.29, 1.82) is 0 Å². The van der Waals surface area contributed by atoms with Crippen LogP contribution in [0.2, 0.25) is 0 Å². The lowest BCUT2D eigenvalue weighted by Gasteiger charge is -1.97. The zero-order valence-electron chi connectivity index (χ0n) is 6.20. The normalized spacial score (nSPS) is 10.1. The van der Waals surface area contributed by atoms with Crippen molar-refractivity contribution >= 4 is 22.8 Å². The molecule has 2 aromatic rings. The van der Waals surface area contributed by atoms with Gasteiger partial charge in [-0.15, -0.1) is 0 Å². The van der Waals surface area contributed by atoms with Crippen LogP contribution < -0.4 is 4.29 Å². The smallest absolute Gasteiger partial charge is 0.237 e. The van der Waals surface area contributed by atoms with Gasteiger partial charge in [0.2, 0.25) is 5.88 Å². The number of fused-ring (bicyclic) bond motifs is 1. The molecule has 0 fully saturated rings. The maximum absolute atomic E-state index is 5.16. The van der Waals surface area contributed by atoms with Crippen molar-refractivity contribution in [1.82, 2.24) is 4.98 Å². The van der Waals surface area contributed by atoms with Gasteiger partial charge in [0.25, 0.3) is 0 Å². The van der Waals surface area contributed by atoms with Crippen LogP contribution in [0.3, 0.4) is 0 Å². The van der Waals surface area contributed by atoms with Crippen LogP contribution in [0.5, 0.6) is 5.88 Å². The van der Waals surface area contributed by atoms with Gasteiger partial charge in [-0.1, -0.05) is 18.2 Å². The fraction of sp³-hybridized carbons (Fsp3) is 0. The molecule has 0 bridgehead atoms. The van der Waals surface area contributed by atoms with Crippen LogP contribution in [0, 0.1) is 0 Å². The Hall–Kier alpha value is -1.28. The Morgan fingerprint density at radius 2 is 1.92 bits per heavy atom. The molecule has 0 atom stereocenters. The summed E-state index contributed by atoms with van der Waals surface area (Å²) in [5.74, 6) is 0.426. The standard InChI is InChI=1S/C9H6ClNO/c10-12-9-6-5-7-3-1-2-4-8(7)11-9/h1-6H. The molecule has 0 saturated heterocycles. The Balaban J connectivity index is 2.67. The van der Waals surface area contributed by atoms with Gasteiger partial charge in [0.15, 0.2) is 0 Å². The Bertz CT molecular complexity index is 402. The molecule has 2 nitrogen and oxygen atoms in total. The first-order chi connectivity index (χ1) is 5.90. The minimum absolute atomic E-state index is 0.426. The van der Waals surface area contributed by atoms with Crippen molar-refractivity contribution in [3.8, 4) is 5.88 Å². The topological polar surface area (TPSA) is 22.1 Å². The number of halogens is 1. The van der Waals surface area contributed by atoms with Gasteiger partial charge < -0.3 is 4.29 Å². The number of nitrogens with zero attached hydrogens (tertiary/aromatic N) is 1. The van der Waals surface area contributed by atoms with Crippen LogP contribution >= 0.6 is 11.9 Å². The third-order valence-corrected chi connectivity index (χ3v) is 1.81. The maximum Gasteiger partial charge on any atom is 0.237 e. The maximum atomic E-state index is 5.16. The van der Waals surface area contributed by atoms with Gasteiger partial charge in [-0.2, -0.15) is 0 Å². The minimum Gasteiger partial charge on any atom is -0.365 e. The van der Waals surface area contributed by atoms with E-state index in [4.69, 9.17) is 11.9 Å². The summed E-state index contributed by atoms with van der Waals surface area (Å²) in [6.45, 7) is 0. The quantitative estimate of drug-likeness (QED) is 0.672. The summed E-state index contributed by atoms with van der Waals surface area (Å²) in [7, 11) is 0. The summed E-state index contributed by atoms with van der Waals surface area (Å²) in [4.78, 5) is 4.14. The van der Waals surface area contributed by atoms with Crippen LogP contribution in [0.1, 0.15) is 0 Å². The number of hydrogen-bond donors (Lipinski definition) is 0. The van der Waals surface area contributed by atoms with Crippen molar-refractivity contribution < 1.29 is 4.29 Å². The summed E-state index contributed by atoms with van der Waals surface area (Å²) in [6, 6.07) is 11.4. The predicted molar refractivity (Wildman–Crippen MR) is 48.2 cm³/mol. The van der Waals surface area contributed by atoms with E-state index in [0.717, 1.165) is 10.9 Å². The number of hydrogen-bond acceptors (Lipinski definition) is 2. The summed E-state index contributed by atoms with van der Waals surface area (Å²) >= 11 is 5.16. The third-order valence-electron chi connectivity index (χ3n) is 1.65. The molecule has 0 amide bonds. The SMILES string of the molecule is ClOc1ccc2ccccc2n1. The molecule has 0 N–H and O–H groups in total. The molecule has 60 valence electrons. The Morgan fingerprint density at radius 1 is 1.08 bits per heavy atom. The average molecular weight is 180 g/mol. The van der Waals surface area contributed by atoms with Gasteiger partial charge in [0.1, 0.15) is 11.9 Å². The van der Waals surface area contributed by atoms with Crippen LogP contribution in [0.25, 0.3) is 10.9 Å². The number of aromatic nitrogens is 1. The van der Waals surface area contributed by atoms with Gasteiger partial charge in [0.05, 0.1) is 5.52 Å². The van der Waals surface area contributed by atoms with Crippen LogP contribution in [-0.2, 0) is 0 Å². The van der Waals surface area contributed by atoms with Gasteiger partial charge in [0, 0.05) is 11.5 Å². The highest BCUT2D eigenvalue weighted by Crippen LogP contribution is 2.16. The van der Waals surface area contributed by atoms with E-state index in [0.29, 0.717) is 5.88 Å². The molecule has 0 aliphatic heterocycles. The van der Waals surface area contributed by atoms with Gasteiger partial charge >= 0.3 is 0 Å². The van der Waals surface area contributed by atoms with E-state index in [1.807, 2.05) is 30.3 Å². The molecule has 0 unspecified atom stereocenters. The second kappa shape index (κ2) is 2.99. The van der Waals surface area contributed by atoms with E-state index in [2.05, 4.69) is 9.27 Å².